The Balaban J connectivity index is 1.72. The third-order valence-corrected chi connectivity index (χ3v) is 5.66. The van der Waals surface area contributed by atoms with Gasteiger partial charge in [0.25, 0.3) is 5.91 Å². The van der Waals surface area contributed by atoms with Gasteiger partial charge in [-0.05, 0) is 63.6 Å². The zero-order valence-electron chi connectivity index (χ0n) is 19.6. The van der Waals surface area contributed by atoms with E-state index in [4.69, 9.17) is 9.47 Å². The summed E-state index contributed by atoms with van der Waals surface area (Å²) in [5.41, 5.74) is 0.987. The Morgan fingerprint density at radius 2 is 1.74 bits per heavy atom. The molecular formula is C25H27N5O4. The summed E-state index contributed by atoms with van der Waals surface area (Å²) in [5, 5.41) is 12.4. The minimum Gasteiger partial charge on any atom is -0.494 e. The first-order valence-electron chi connectivity index (χ1n) is 11.1. The molecule has 0 spiro atoms. The van der Waals surface area contributed by atoms with Crippen molar-refractivity contribution in [2.45, 2.75) is 39.7 Å². The molecule has 0 saturated carbocycles. The fraction of sp³-hybridized carbons (Fsp3) is 0.280. The van der Waals surface area contributed by atoms with Gasteiger partial charge >= 0.3 is 6.03 Å². The molecular weight excluding hydrogens is 434 g/mol. The van der Waals surface area contributed by atoms with Gasteiger partial charge in [-0.25, -0.2) is 4.79 Å². The minimum atomic E-state index is -0.973. The Labute approximate surface area is 198 Å². The number of imide groups is 1. The number of carbonyl (C=O) groups is 2. The van der Waals surface area contributed by atoms with E-state index in [9.17, 15) is 9.59 Å². The number of nitrogens with one attached hydrogen (secondary N) is 1. The van der Waals surface area contributed by atoms with Gasteiger partial charge in [-0.15, -0.1) is 5.01 Å². The summed E-state index contributed by atoms with van der Waals surface area (Å²) in [4.78, 5) is 25.1. The smallest absolute Gasteiger partial charge is 0.346 e. The third kappa shape index (κ3) is 4.36. The number of ether oxygens (including phenoxy) is 2. The Hall–Kier alpha value is -4.14. The van der Waals surface area contributed by atoms with Gasteiger partial charge in [0.1, 0.15) is 17.0 Å². The van der Waals surface area contributed by atoms with Crippen LogP contribution in [0.3, 0.4) is 0 Å². The Kier molecular flexibility index (Phi) is 6.36. The molecule has 0 radical (unpaired) electrons. The molecule has 0 aliphatic carbocycles. The predicted octanol–water partition coefficient (Wildman–Crippen LogP) is 4.43. The number of urea groups is 1. The lowest BCUT2D eigenvalue weighted by molar-refractivity contribution is -0.130. The van der Waals surface area contributed by atoms with E-state index in [1.807, 2.05) is 63.2 Å². The maximum atomic E-state index is 12.7. The highest BCUT2D eigenvalue weighted by Crippen LogP contribution is 2.31. The highest BCUT2D eigenvalue weighted by Gasteiger charge is 2.47. The van der Waals surface area contributed by atoms with Crippen LogP contribution in [0.4, 0.5) is 4.79 Å². The third-order valence-electron chi connectivity index (χ3n) is 5.66. The number of hydrogen-bond donors (Lipinski definition) is 1. The van der Waals surface area contributed by atoms with E-state index in [-0.39, 0.29) is 0 Å². The quantitative estimate of drug-likeness (QED) is 0.395. The number of hydrogen-bond acceptors (Lipinski definition) is 6. The average Bonchev–Trinajstić information content (AvgIpc) is 3.26. The number of aryl methyl sites for hydroxylation is 1. The summed E-state index contributed by atoms with van der Waals surface area (Å²) in [7, 11) is 0. The molecule has 9 heteroatoms. The molecule has 1 atom stereocenters. The van der Waals surface area contributed by atoms with E-state index in [0.29, 0.717) is 35.9 Å². The zero-order chi connectivity index (χ0) is 24.3. The topological polar surface area (TPSA) is 98.1 Å². The van der Waals surface area contributed by atoms with Crippen LogP contribution in [0.15, 0.2) is 59.7 Å². The van der Waals surface area contributed by atoms with Crippen LogP contribution in [0, 0.1) is 6.92 Å². The molecule has 1 saturated heterocycles. The first-order valence-corrected chi connectivity index (χ1v) is 11.1. The van der Waals surface area contributed by atoms with Crippen LogP contribution in [0.1, 0.15) is 38.4 Å². The Morgan fingerprint density at radius 3 is 2.35 bits per heavy atom. The second kappa shape index (κ2) is 9.38. The lowest BCUT2D eigenvalue weighted by Crippen LogP contribution is -2.42. The van der Waals surface area contributed by atoms with Crippen LogP contribution < -0.4 is 14.8 Å². The van der Waals surface area contributed by atoms with Gasteiger partial charge in [0.15, 0.2) is 0 Å². The van der Waals surface area contributed by atoms with Crippen LogP contribution >= 0.6 is 0 Å². The van der Waals surface area contributed by atoms with E-state index >= 15 is 0 Å². The molecule has 34 heavy (non-hydrogen) atoms. The van der Waals surface area contributed by atoms with Crippen molar-refractivity contribution < 1.29 is 19.1 Å². The van der Waals surface area contributed by atoms with E-state index < -0.39 is 17.5 Å². The number of benzene rings is 2. The van der Waals surface area contributed by atoms with Crippen molar-refractivity contribution in [2.75, 3.05) is 6.61 Å². The van der Waals surface area contributed by atoms with Crippen LogP contribution in [-0.2, 0) is 4.79 Å². The number of para-hydroxylation sites is 1. The predicted molar refractivity (Wildman–Crippen MR) is 128 cm³/mol. The maximum absolute atomic E-state index is 12.7. The van der Waals surface area contributed by atoms with Crippen molar-refractivity contribution in [3.8, 4) is 23.1 Å². The van der Waals surface area contributed by atoms with E-state index in [2.05, 4.69) is 15.5 Å². The van der Waals surface area contributed by atoms with Crippen LogP contribution in [0.25, 0.3) is 5.69 Å². The first-order chi connectivity index (χ1) is 16.4. The molecule has 2 aromatic carbocycles. The van der Waals surface area contributed by atoms with Crippen LogP contribution in [-0.4, -0.2) is 45.1 Å². The summed E-state index contributed by atoms with van der Waals surface area (Å²) in [6, 6.07) is 16.2. The zero-order valence-corrected chi connectivity index (χ0v) is 19.6. The molecule has 1 N–H and O–H groups in total. The summed E-state index contributed by atoms with van der Waals surface area (Å²) < 4.78 is 13.4. The van der Waals surface area contributed by atoms with Crippen LogP contribution in [0.2, 0.25) is 0 Å². The molecule has 1 aliphatic rings. The van der Waals surface area contributed by atoms with Crippen molar-refractivity contribution in [1.29, 1.82) is 0 Å². The van der Waals surface area contributed by atoms with Gasteiger partial charge in [0.05, 0.1) is 29.8 Å². The van der Waals surface area contributed by atoms with Crippen LogP contribution in [0.5, 0.6) is 17.4 Å². The molecule has 1 fully saturated rings. The molecule has 3 amide bonds. The van der Waals surface area contributed by atoms with Crippen molar-refractivity contribution in [2.24, 2.45) is 5.10 Å². The Bertz CT molecular complexity index is 1220. The molecule has 0 unspecified atom stereocenters. The molecule has 1 aromatic heterocycles. The molecule has 2 heterocycles. The van der Waals surface area contributed by atoms with E-state index in [1.54, 1.807) is 23.7 Å². The van der Waals surface area contributed by atoms with Gasteiger partial charge in [0, 0.05) is 0 Å². The number of carbonyl (C=O) groups excluding carboxylic acids is 2. The maximum Gasteiger partial charge on any atom is 0.346 e. The lowest BCUT2D eigenvalue weighted by atomic mass is 10.00. The molecule has 3 aromatic rings. The second-order valence-corrected chi connectivity index (χ2v) is 8.04. The summed E-state index contributed by atoms with van der Waals surface area (Å²) in [5.74, 6) is 1.31. The summed E-state index contributed by atoms with van der Waals surface area (Å²) >= 11 is 0. The fourth-order valence-electron chi connectivity index (χ4n) is 3.52. The fourth-order valence-corrected chi connectivity index (χ4v) is 3.52. The number of nitrogens with zero attached hydrogens (tertiary/aromatic N) is 4. The highest BCUT2D eigenvalue weighted by atomic mass is 16.5. The van der Waals surface area contributed by atoms with E-state index in [1.165, 1.54) is 6.21 Å². The number of amides is 3. The summed E-state index contributed by atoms with van der Waals surface area (Å²) in [6.07, 6.45) is 1.89. The number of hydrazone groups is 1. The normalized spacial score (nSPS) is 17.9. The van der Waals surface area contributed by atoms with Gasteiger partial charge in [-0.1, -0.05) is 25.1 Å². The lowest BCUT2D eigenvalue weighted by Gasteiger charge is -2.17. The van der Waals surface area contributed by atoms with Crippen molar-refractivity contribution in [1.82, 2.24) is 20.1 Å². The van der Waals surface area contributed by atoms with Gasteiger partial charge < -0.3 is 14.8 Å². The average molecular weight is 462 g/mol. The minimum absolute atomic E-state index is 0.404. The van der Waals surface area contributed by atoms with Crippen molar-refractivity contribution >= 4 is 18.2 Å². The highest BCUT2D eigenvalue weighted by molar-refractivity contribution is 6.07. The molecule has 0 bridgehead atoms. The summed E-state index contributed by atoms with van der Waals surface area (Å²) in [6.45, 7) is 7.82. The number of aromatic nitrogens is 2. The monoisotopic (exact) mass is 461 g/mol. The van der Waals surface area contributed by atoms with Gasteiger partial charge in [-0.3, -0.25) is 4.79 Å². The molecule has 4 rings (SSSR count). The largest absolute Gasteiger partial charge is 0.494 e. The standard InChI is InChI=1S/C25H27N5O4/c1-5-25(4)23(31)30(24(32)27-25)26-16-21-17(3)28-29(18-10-8-7-9-11-18)22(21)34-20-14-12-19(13-15-20)33-6-2/h7-16H,5-6H2,1-4H3,(H,27,32)/b26-16-/t25-/m1/s1. The van der Waals surface area contributed by atoms with E-state index in [0.717, 1.165) is 16.4 Å². The molecule has 9 nitrogen and oxygen atoms in total. The van der Waals surface area contributed by atoms with Gasteiger partial charge in [-0.2, -0.15) is 14.9 Å². The number of rotatable bonds is 8. The second-order valence-electron chi connectivity index (χ2n) is 8.04. The van der Waals surface area contributed by atoms with Crippen molar-refractivity contribution in [3.05, 3.63) is 65.9 Å². The van der Waals surface area contributed by atoms with Crippen molar-refractivity contribution in [3.63, 3.8) is 0 Å². The van der Waals surface area contributed by atoms with Gasteiger partial charge in [0.2, 0.25) is 5.88 Å². The Morgan fingerprint density at radius 1 is 1.06 bits per heavy atom. The SMILES string of the molecule is CCOc1ccc(Oc2c(/C=N\N3C(=O)N[C@](C)(CC)C3=O)c(C)nn2-c2ccccc2)cc1. The first kappa shape index (κ1) is 23.0. The molecule has 1 aliphatic heterocycles. The molecule has 176 valence electrons.